The number of rotatable bonds is 2. The third kappa shape index (κ3) is 1.39. The number of imidazole rings is 1. The molecule has 0 spiro atoms. The molecule has 3 heteroatoms. The van der Waals surface area contributed by atoms with Crippen molar-refractivity contribution in [3.05, 3.63) is 30.1 Å². The molecule has 1 unspecified atom stereocenters. The molecule has 0 bridgehead atoms. The molecule has 2 nitrogen and oxygen atoms in total. The summed E-state index contributed by atoms with van der Waals surface area (Å²) >= 11 is 1.75. The van der Waals surface area contributed by atoms with Gasteiger partial charge >= 0.3 is 79.6 Å². The van der Waals surface area contributed by atoms with E-state index in [-0.39, 0.29) is 0 Å². The molecule has 0 aliphatic carbocycles. The van der Waals surface area contributed by atoms with Gasteiger partial charge < -0.3 is 0 Å². The number of benzene rings is 1. The van der Waals surface area contributed by atoms with Crippen LogP contribution in [0.4, 0.5) is 0 Å². The van der Waals surface area contributed by atoms with Crippen LogP contribution in [0.15, 0.2) is 24.3 Å². The van der Waals surface area contributed by atoms with Gasteiger partial charge in [0.2, 0.25) is 0 Å². The van der Waals surface area contributed by atoms with E-state index in [2.05, 4.69) is 16.0 Å². The third-order valence-electron chi connectivity index (χ3n) is 1.82. The van der Waals surface area contributed by atoms with Crippen LogP contribution in [0.1, 0.15) is 5.82 Å². The second-order valence-corrected chi connectivity index (χ2v) is 3.95. The molecule has 0 saturated carbocycles. The summed E-state index contributed by atoms with van der Waals surface area (Å²) in [6.07, 6.45) is 1.06. The van der Waals surface area contributed by atoms with Gasteiger partial charge in [-0.3, -0.25) is 0 Å². The third-order valence-corrected chi connectivity index (χ3v) is 2.43. The summed E-state index contributed by atoms with van der Waals surface area (Å²) in [5.74, 6) is 1.11. The van der Waals surface area contributed by atoms with Crippen LogP contribution in [0.25, 0.3) is 11.0 Å². The van der Waals surface area contributed by atoms with Crippen molar-refractivity contribution < 1.29 is 0 Å². The zero-order valence-corrected chi connectivity index (χ0v) is 9.17. The molecule has 0 aliphatic rings. The Morgan fingerprint density at radius 3 is 2.92 bits per heavy atom. The van der Waals surface area contributed by atoms with Crippen molar-refractivity contribution >= 4 is 27.9 Å². The van der Waals surface area contributed by atoms with Crippen LogP contribution in [0.2, 0.25) is 5.21 Å². The first-order chi connectivity index (χ1) is 5.90. The first kappa shape index (κ1) is 7.87. The molecule has 0 aliphatic heterocycles. The van der Waals surface area contributed by atoms with E-state index in [4.69, 9.17) is 0 Å². The van der Waals surface area contributed by atoms with Gasteiger partial charge in [0.1, 0.15) is 0 Å². The topological polar surface area (TPSA) is 28.7 Å². The van der Waals surface area contributed by atoms with Gasteiger partial charge in [0, 0.05) is 0 Å². The standard InChI is InChI=1S/C9H11AsN2/c10-6-5-9-11-7-3-1-2-4-8(7)12-9/h1-4H,5-6,10H2,(H,11,12). The molecule has 1 aromatic heterocycles. The summed E-state index contributed by atoms with van der Waals surface area (Å²) < 4.78 is 0. The predicted molar refractivity (Wildman–Crippen MR) is 53.1 cm³/mol. The number of hydrogen-bond acceptors (Lipinski definition) is 1. The molecule has 0 saturated heterocycles. The van der Waals surface area contributed by atoms with E-state index in [0.717, 1.165) is 23.3 Å². The van der Waals surface area contributed by atoms with Crippen molar-refractivity contribution in [3.8, 4) is 0 Å². The number of nitrogens with zero attached hydrogens (tertiary/aromatic N) is 1. The van der Waals surface area contributed by atoms with E-state index in [9.17, 15) is 0 Å². The molecule has 2 rings (SSSR count). The quantitative estimate of drug-likeness (QED) is 0.759. The van der Waals surface area contributed by atoms with Crippen LogP contribution in [-0.2, 0) is 6.42 Å². The summed E-state index contributed by atoms with van der Waals surface area (Å²) in [4.78, 5) is 7.75. The van der Waals surface area contributed by atoms with E-state index in [1.54, 1.807) is 16.9 Å². The van der Waals surface area contributed by atoms with E-state index < -0.39 is 0 Å². The minimum atomic E-state index is 1.06. The van der Waals surface area contributed by atoms with Gasteiger partial charge in [-0.15, -0.1) is 0 Å². The second kappa shape index (κ2) is 3.32. The second-order valence-electron chi connectivity index (χ2n) is 2.74. The zero-order valence-electron chi connectivity index (χ0n) is 6.75. The van der Waals surface area contributed by atoms with Crippen molar-refractivity contribution in [1.29, 1.82) is 0 Å². The summed E-state index contributed by atoms with van der Waals surface area (Å²) in [5, 5.41) is 1.20. The number of hydrogen-bond donors (Lipinski definition) is 1. The molecular formula is C9H11AsN2. The number of H-pyrrole nitrogens is 1. The maximum atomic E-state index is 4.46. The number of fused-ring (bicyclic) bond motifs is 1. The van der Waals surface area contributed by atoms with Gasteiger partial charge in [-0.25, -0.2) is 0 Å². The van der Waals surface area contributed by atoms with E-state index >= 15 is 0 Å². The Hall–Kier alpha value is -0.752. The Bertz CT molecular complexity index is 348. The minimum absolute atomic E-state index is 1.06. The molecule has 12 heavy (non-hydrogen) atoms. The van der Waals surface area contributed by atoms with Crippen molar-refractivity contribution in [2.24, 2.45) is 0 Å². The average Bonchev–Trinajstić information content (AvgIpc) is 2.47. The SMILES string of the molecule is [AsH2]CCc1nc2ccccc2[nH]1. The molecular weight excluding hydrogens is 211 g/mol. The van der Waals surface area contributed by atoms with Crippen molar-refractivity contribution in [2.45, 2.75) is 11.6 Å². The molecule has 2 aromatic rings. The number of aromatic amines is 1. The fraction of sp³-hybridized carbons (Fsp3) is 0.222. The maximum absolute atomic E-state index is 4.46. The molecule has 1 N–H and O–H groups in total. The van der Waals surface area contributed by atoms with Gasteiger partial charge in [0.05, 0.1) is 0 Å². The Balaban J connectivity index is 2.47. The fourth-order valence-electron chi connectivity index (χ4n) is 1.26. The van der Waals surface area contributed by atoms with Crippen molar-refractivity contribution in [2.75, 3.05) is 0 Å². The van der Waals surface area contributed by atoms with Gasteiger partial charge in [-0.1, -0.05) is 0 Å². The number of aromatic nitrogens is 2. The Labute approximate surface area is 79.9 Å². The van der Waals surface area contributed by atoms with E-state index in [1.807, 2.05) is 18.2 Å². The summed E-state index contributed by atoms with van der Waals surface area (Å²) in [7, 11) is 0. The normalized spacial score (nSPS) is 10.8. The zero-order chi connectivity index (χ0) is 8.39. The molecule has 0 amide bonds. The summed E-state index contributed by atoms with van der Waals surface area (Å²) in [6, 6.07) is 8.14. The monoisotopic (exact) mass is 222 g/mol. The van der Waals surface area contributed by atoms with Crippen LogP contribution < -0.4 is 0 Å². The van der Waals surface area contributed by atoms with Gasteiger partial charge in [-0.2, -0.15) is 0 Å². The van der Waals surface area contributed by atoms with Crippen LogP contribution >= 0.6 is 0 Å². The Morgan fingerprint density at radius 1 is 1.33 bits per heavy atom. The average molecular weight is 222 g/mol. The van der Waals surface area contributed by atoms with Crippen molar-refractivity contribution in [1.82, 2.24) is 9.97 Å². The molecule has 0 radical (unpaired) electrons. The van der Waals surface area contributed by atoms with Crippen LogP contribution in [0.3, 0.4) is 0 Å². The first-order valence-electron chi connectivity index (χ1n) is 4.04. The van der Waals surface area contributed by atoms with E-state index in [0.29, 0.717) is 0 Å². The predicted octanol–water partition coefficient (Wildman–Crippen LogP) is 1.16. The van der Waals surface area contributed by atoms with Gasteiger partial charge in [-0.05, 0) is 0 Å². The molecule has 1 aromatic carbocycles. The molecule has 62 valence electrons. The van der Waals surface area contributed by atoms with Crippen LogP contribution in [0.5, 0.6) is 0 Å². The van der Waals surface area contributed by atoms with Crippen LogP contribution in [-0.4, -0.2) is 26.8 Å². The molecule has 1 heterocycles. The van der Waals surface area contributed by atoms with E-state index in [1.165, 1.54) is 5.21 Å². The number of nitrogens with one attached hydrogen (secondary N) is 1. The van der Waals surface area contributed by atoms with Gasteiger partial charge in [0.25, 0.3) is 0 Å². The molecule has 0 fully saturated rings. The van der Waals surface area contributed by atoms with Gasteiger partial charge in [0.15, 0.2) is 0 Å². The Morgan fingerprint density at radius 2 is 2.17 bits per heavy atom. The molecule has 1 atom stereocenters. The van der Waals surface area contributed by atoms with Crippen molar-refractivity contribution in [3.63, 3.8) is 0 Å². The number of para-hydroxylation sites is 2. The summed E-state index contributed by atoms with van der Waals surface area (Å²) in [6.45, 7) is 0. The number of aryl methyl sites for hydroxylation is 1. The first-order valence-corrected chi connectivity index (χ1v) is 5.75. The van der Waals surface area contributed by atoms with Crippen LogP contribution in [0, 0.1) is 0 Å². The summed E-state index contributed by atoms with van der Waals surface area (Å²) in [5.41, 5.74) is 2.22. The fourth-order valence-corrected chi connectivity index (χ4v) is 1.83. The Kier molecular flexibility index (Phi) is 2.18.